The molecule has 1 aromatic carbocycles. The van der Waals surface area contributed by atoms with Gasteiger partial charge in [-0.25, -0.2) is 9.07 Å². The normalized spacial score (nSPS) is 38.2. The third-order valence-corrected chi connectivity index (χ3v) is 17.6. The molecule has 20 atom stereocenters. The van der Waals surface area contributed by atoms with Crippen LogP contribution < -0.4 is 0 Å². The smallest absolute Gasteiger partial charge is 0.433 e. The molecule has 436 valence electrons. The zero-order valence-corrected chi connectivity index (χ0v) is 47.6. The Bertz CT molecular complexity index is 2110. The number of benzene rings is 1. The molecule has 2 aromatic rings. The molecule has 23 heteroatoms. The van der Waals surface area contributed by atoms with E-state index in [1.54, 1.807) is 47.7 Å². The molecule has 3 fully saturated rings. The number of carbonyl (C=O) groups is 1. The van der Waals surface area contributed by atoms with E-state index in [0.717, 1.165) is 0 Å². The first-order valence-corrected chi connectivity index (χ1v) is 27.8. The van der Waals surface area contributed by atoms with E-state index in [1.807, 2.05) is 39.8 Å². The summed E-state index contributed by atoms with van der Waals surface area (Å²) in [5.74, 6) is -4.20. The molecule has 0 aliphatic carbocycles. The third kappa shape index (κ3) is 15.8. The van der Waals surface area contributed by atoms with Gasteiger partial charge in [-0.1, -0.05) is 38.1 Å². The number of likely N-dealkylation sites (N-methyl/N-ethyl adjacent to an activating group) is 2. The lowest BCUT2D eigenvalue weighted by Gasteiger charge is -2.48. The van der Waals surface area contributed by atoms with E-state index >= 15 is 0 Å². The molecule has 0 spiro atoms. The van der Waals surface area contributed by atoms with Gasteiger partial charge in [-0.15, -0.1) is 5.10 Å². The van der Waals surface area contributed by atoms with Crippen LogP contribution in [-0.2, 0) is 55.5 Å². The van der Waals surface area contributed by atoms with Gasteiger partial charge in [0.25, 0.3) is 0 Å². The quantitative estimate of drug-likeness (QED) is 0.0847. The van der Waals surface area contributed by atoms with Gasteiger partial charge in [0.05, 0.1) is 47.2 Å². The lowest BCUT2D eigenvalue weighted by molar-refractivity contribution is -0.308. The topological polar surface area (TPSA) is 223 Å². The molecule has 5 rings (SSSR count). The molecule has 0 radical (unpaired) electrons. The molecule has 18 nitrogen and oxygen atoms in total. The predicted molar refractivity (Wildman–Crippen MR) is 274 cm³/mol. The van der Waals surface area contributed by atoms with Crippen LogP contribution in [0.15, 0.2) is 35.4 Å². The average Bonchev–Trinajstić information content (AvgIpc) is 3.82. The Balaban J connectivity index is 1.39. The number of rotatable bonds is 17. The second-order valence-electron chi connectivity index (χ2n) is 22.6. The first-order chi connectivity index (χ1) is 35.4. The highest BCUT2D eigenvalue weighted by Crippen LogP contribution is 2.41. The number of nitrogens with zero attached hydrogens (tertiary/aromatic N) is 5. The fourth-order valence-corrected chi connectivity index (χ4v) is 12.4. The molecule has 0 bridgehead atoms. The van der Waals surface area contributed by atoms with Crippen LogP contribution in [0.4, 0.5) is 17.6 Å². The monoisotopic (exact) mass is 1110 g/mol. The van der Waals surface area contributed by atoms with Crippen molar-refractivity contribution in [1.82, 2.24) is 24.8 Å². The van der Waals surface area contributed by atoms with Crippen molar-refractivity contribution in [2.75, 3.05) is 53.8 Å². The number of carbonyl (C=O) groups excluding carboxylic acids is 1. The number of methoxy groups -OCH3 is 2. The second kappa shape index (κ2) is 26.8. The summed E-state index contributed by atoms with van der Waals surface area (Å²) in [6.07, 6.45) is -10.3. The van der Waals surface area contributed by atoms with Gasteiger partial charge >= 0.3 is 12.1 Å². The van der Waals surface area contributed by atoms with Crippen molar-refractivity contribution in [2.45, 2.75) is 215 Å². The van der Waals surface area contributed by atoms with Crippen molar-refractivity contribution in [3.8, 4) is 0 Å². The summed E-state index contributed by atoms with van der Waals surface area (Å²) in [7, 11) is 6.68. The van der Waals surface area contributed by atoms with Crippen molar-refractivity contribution >= 4 is 17.1 Å². The highest BCUT2D eigenvalue weighted by atomic mass is 32.2. The van der Waals surface area contributed by atoms with Crippen LogP contribution in [0.25, 0.3) is 0 Å². The van der Waals surface area contributed by atoms with Gasteiger partial charge in [0, 0.05) is 70.8 Å². The lowest BCUT2D eigenvalue weighted by Crippen LogP contribution is -2.59. The Morgan fingerprint density at radius 2 is 1.63 bits per heavy atom. The Labute approximate surface area is 449 Å². The highest BCUT2D eigenvalue weighted by Gasteiger charge is 2.52. The van der Waals surface area contributed by atoms with Crippen LogP contribution in [0.1, 0.15) is 125 Å². The number of hydrogen-bond donors (Lipinski definition) is 4. The summed E-state index contributed by atoms with van der Waals surface area (Å²) in [4.78, 5) is 18.5. The molecule has 3 aliphatic heterocycles. The number of hydrogen-bond acceptors (Lipinski definition) is 17. The number of aliphatic hydroxyl groups excluding tert-OH is 2. The van der Waals surface area contributed by atoms with Crippen molar-refractivity contribution in [1.29, 1.82) is 0 Å². The molecular formula is C53H87F4N5O13S. The largest absolute Gasteiger partial charge is 0.611 e. The lowest BCUT2D eigenvalue weighted by atomic mass is 9.77. The Morgan fingerprint density at radius 3 is 2.22 bits per heavy atom. The van der Waals surface area contributed by atoms with Crippen LogP contribution in [0.3, 0.4) is 0 Å². The van der Waals surface area contributed by atoms with E-state index in [1.165, 1.54) is 50.1 Å². The first-order valence-electron chi connectivity index (χ1n) is 26.5. The maximum atomic E-state index is 14.8. The number of halogens is 4. The number of ether oxygens (including phenoxy) is 7. The van der Waals surface area contributed by atoms with Gasteiger partial charge in [0.2, 0.25) is 5.75 Å². The van der Waals surface area contributed by atoms with E-state index in [2.05, 4.69) is 15.2 Å². The van der Waals surface area contributed by atoms with Crippen molar-refractivity contribution < 1.29 is 80.5 Å². The standard InChI is InChI=1S/C53H87F4N5O13S/c1-15-41-52(10,67)46(63)34(6)61(12)27-30(2)24-50(8,66)48(32(4)44(33(5)49(65)73-41)74-43-25-51(9,70-14)47(64)35(7)72-43)75-42-23-38(22-31(3)71-42)60(11)21-20-37-28-62(59-58-37)40(26-54)45(69-13)36-16-18-39(19-17-36)76(68)29-53(55,56)57/h16-19,28,30-35,38,40-48,63-64,66-67H,15,20-27,29H2,1-14H3/t30-,31-,32+,33-,34-,35+,38+,40-,41-,42+,43+,44+,45-,46-,47+,48-,50-,51-,52-,76?/m1/s1. The van der Waals surface area contributed by atoms with Crippen LogP contribution >= 0.6 is 0 Å². The van der Waals surface area contributed by atoms with Crippen LogP contribution in [0.5, 0.6) is 0 Å². The minimum Gasteiger partial charge on any atom is -0.611 e. The van der Waals surface area contributed by atoms with Gasteiger partial charge in [-0.3, -0.25) is 4.79 Å². The fourth-order valence-electron chi connectivity index (χ4n) is 11.5. The van der Waals surface area contributed by atoms with E-state index in [9.17, 15) is 47.3 Å². The molecule has 4 heterocycles. The molecular weight excluding hydrogens is 1020 g/mol. The maximum Gasteiger partial charge on any atom is 0.433 e. The molecule has 0 amide bonds. The van der Waals surface area contributed by atoms with E-state index in [0.29, 0.717) is 43.6 Å². The van der Waals surface area contributed by atoms with Crippen molar-refractivity contribution in [3.05, 3.63) is 41.7 Å². The van der Waals surface area contributed by atoms with Crippen LogP contribution in [0, 0.1) is 17.8 Å². The maximum absolute atomic E-state index is 14.8. The molecule has 3 saturated heterocycles. The summed E-state index contributed by atoms with van der Waals surface area (Å²) in [5, 5.41) is 56.0. The third-order valence-electron chi connectivity index (χ3n) is 16.2. The summed E-state index contributed by atoms with van der Waals surface area (Å²) in [6, 6.07) is 3.91. The number of esters is 1. The molecule has 3 aliphatic rings. The van der Waals surface area contributed by atoms with Crippen molar-refractivity contribution in [3.63, 3.8) is 0 Å². The number of cyclic esters (lactones) is 1. The van der Waals surface area contributed by atoms with E-state index in [-0.39, 0.29) is 42.2 Å². The van der Waals surface area contributed by atoms with Gasteiger partial charge in [0.1, 0.15) is 42.7 Å². The average molecular weight is 1110 g/mol. The number of alkyl halides is 4. The van der Waals surface area contributed by atoms with Gasteiger partial charge in [-0.2, -0.15) is 13.2 Å². The van der Waals surface area contributed by atoms with Crippen LogP contribution in [-0.4, -0.2) is 200 Å². The Hall–Kier alpha value is -2.62. The van der Waals surface area contributed by atoms with E-state index in [4.69, 9.17) is 33.2 Å². The molecule has 76 heavy (non-hydrogen) atoms. The highest BCUT2D eigenvalue weighted by molar-refractivity contribution is 7.91. The zero-order valence-electron chi connectivity index (χ0n) is 46.8. The summed E-state index contributed by atoms with van der Waals surface area (Å²) < 4.78 is 111. The summed E-state index contributed by atoms with van der Waals surface area (Å²) >= 11 is -2.30. The predicted octanol–water partition coefficient (Wildman–Crippen LogP) is 5.70. The first kappa shape index (κ1) is 64.2. The van der Waals surface area contributed by atoms with Gasteiger partial charge in [0.15, 0.2) is 17.5 Å². The number of aromatic nitrogens is 3. The molecule has 1 aromatic heterocycles. The minimum absolute atomic E-state index is 0.0156. The Morgan fingerprint density at radius 1 is 0.974 bits per heavy atom. The van der Waals surface area contributed by atoms with Gasteiger partial charge < -0.3 is 67.9 Å². The second-order valence-corrected chi connectivity index (χ2v) is 24.0. The summed E-state index contributed by atoms with van der Waals surface area (Å²) in [5.41, 5.74) is -3.48. The van der Waals surface area contributed by atoms with Gasteiger partial charge in [-0.05, 0) is 117 Å². The minimum atomic E-state index is -4.60. The number of aliphatic hydroxyl groups is 4. The fraction of sp³-hybridized carbons (Fsp3) is 0.830. The Kier molecular flexibility index (Phi) is 22.6. The van der Waals surface area contributed by atoms with Crippen molar-refractivity contribution in [2.24, 2.45) is 17.8 Å². The zero-order chi connectivity index (χ0) is 56.8. The van der Waals surface area contributed by atoms with E-state index < -0.39 is 132 Å². The summed E-state index contributed by atoms with van der Waals surface area (Å²) in [6.45, 7) is 17.6. The SMILES string of the molecule is CC[C@H]1OC(=O)[C@H](C)[C@@H](O[C@H]2C[C@@](C)(OC)[C@@H](O)[C@H](C)O2)[C@H](C)[C@@H](O[C@H]2C[C@@H](N(C)CCc3cn([C@H](CF)[C@H](OC)c4ccc([S+]([O-])CC(F)(F)F)cc4)nn3)C[C@@H](C)O2)[C@](C)(O)C[C@@H](C)CN(C)[C@H](C)[C@@H](O)[C@]1(C)O. The molecule has 0 saturated carbocycles. The van der Waals surface area contributed by atoms with Crippen LogP contribution in [0.2, 0.25) is 0 Å². The molecule has 1 unspecified atom stereocenters. The molecule has 4 N–H and O–H groups in total.